The van der Waals surface area contributed by atoms with Crippen molar-refractivity contribution in [1.82, 2.24) is 4.98 Å². The molecule has 0 fully saturated rings. The third-order valence-corrected chi connectivity index (χ3v) is 4.73. The number of hydrogen-bond acceptors (Lipinski definition) is 4. The second-order valence-corrected chi connectivity index (χ2v) is 6.70. The highest BCUT2D eigenvalue weighted by Crippen LogP contribution is 2.34. The number of benzene rings is 2. The number of thiazole rings is 1. The molecule has 132 valence electrons. The van der Waals surface area contributed by atoms with E-state index in [0.717, 1.165) is 28.9 Å². The van der Waals surface area contributed by atoms with Crippen molar-refractivity contribution in [3.05, 3.63) is 59.0 Å². The van der Waals surface area contributed by atoms with Crippen molar-refractivity contribution in [3.8, 4) is 11.3 Å². The van der Waals surface area contributed by atoms with Crippen LogP contribution in [0.1, 0.15) is 11.1 Å². The summed E-state index contributed by atoms with van der Waals surface area (Å²) < 4.78 is 38.4. The van der Waals surface area contributed by atoms with E-state index in [1.165, 1.54) is 17.4 Å². The fraction of sp³-hybridized carbons (Fsp3) is 0.111. The highest BCUT2D eigenvalue weighted by Gasteiger charge is 2.30. The lowest BCUT2D eigenvalue weighted by Gasteiger charge is -2.09. The minimum Gasteiger partial charge on any atom is -0.332 e. The van der Waals surface area contributed by atoms with Crippen molar-refractivity contribution in [3.63, 3.8) is 0 Å². The summed E-state index contributed by atoms with van der Waals surface area (Å²) in [5, 5.41) is 7.99. The minimum atomic E-state index is -4.39. The van der Waals surface area contributed by atoms with Crippen LogP contribution in [0.3, 0.4) is 0 Å². The van der Waals surface area contributed by atoms with Crippen LogP contribution in [0.15, 0.2) is 47.8 Å². The first-order chi connectivity index (χ1) is 12.4. The smallest absolute Gasteiger partial charge is 0.332 e. The summed E-state index contributed by atoms with van der Waals surface area (Å²) in [7, 11) is 0. The average Bonchev–Trinajstić information content (AvgIpc) is 3.19. The summed E-state index contributed by atoms with van der Waals surface area (Å²) in [5.74, 6) is -0.0395. The third-order valence-electron chi connectivity index (χ3n) is 3.97. The van der Waals surface area contributed by atoms with Crippen LogP contribution in [0.4, 0.5) is 29.7 Å². The van der Waals surface area contributed by atoms with Gasteiger partial charge in [0, 0.05) is 22.3 Å². The summed E-state index contributed by atoms with van der Waals surface area (Å²) in [6.45, 7) is 0. The quantitative estimate of drug-likeness (QED) is 0.672. The molecule has 0 aliphatic carbocycles. The molecule has 0 spiro atoms. The number of carbonyl (C=O) groups is 1. The molecule has 26 heavy (non-hydrogen) atoms. The van der Waals surface area contributed by atoms with Crippen LogP contribution in [-0.2, 0) is 17.4 Å². The summed E-state index contributed by atoms with van der Waals surface area (Å²) in [4.78, 5) is 15.9. The minimum absolute atomic E-state index is 0.0395. The zero-order valence-corrected chi connectivity index (χ0v) is 14.0. The molecule has 4 nitrogen and oxygen atoms in total. The molecule has 0 bridgehead atoms. The monoisotopic (exact) mass is 375 g/mol. The topological polar surface area (TPSA) is 54.0 Å². The van der Waals surface area contributed by atoms with E-state index < -0.39 is 11.7 Å². The van der Waals surface area contributed by atoms with Crippen molar-refractivity contribution < 1.29 is 18.0 Å². The van der Waals surface area contributed by atoms with Crippen molar-refractivity contribution in [2.24, 2.45) is 0 Å². The molecule has 1 aromatic heterocycles. The molecule has 3 aromatic rings. The number of amides is 1. The molecule has 0 saturated carbocycles. The molecular formula is C18H12F3N3OS. The molecule has 0 radical (unpaired) electrons. The van der Waals surface area contributed by atoms with E-state index >= 15 is 0 Å². The van der Waals surface area contributed by atoms with Gasteiger partial charge in [0.2, 0.25) is 5.91 Å². The third kappa shape index (κ3) is 3.28. The Bertz CT molecular complexity index is 997. The standard InChI is InChI=1S/C18H12F3N3OS/c19-18(20,21)12-2-1-3-13(8-12)22-17-24-15(9-26-17)10-4-5-14-11(6-10)7-16(25)23-14/h1-6,8-9H,7H2,(H,22,24)(H,23,25). The van der Waals surface area contributed by atoms with Crippen LogP contribution in [0, 0.1) is 0 Å². The van der Waals surface area contributed by atoms with Gasteiger partial charge in [0.05, 0.1) is 17.7 Å². The first kappa shape index (κ1) is 16.6. The molecule has 1 amide bonds. The molecule has 1 aliphatic heterocycles. The van der Waals surface area contributed by atoms with Gasteiger partial charge in [-0.25, -0.2) is 4.98 Å². The van der Waals surface area contributed by atoms with Crippen LogP contribution in [0.25, 0.3) is 11.3 Å². The molecule has 4 rings (SSSR count). The molecule has 0 unspecified atom stereocenters. The largest absolute Gasteiger partial charge is 0.416 e. The molecule has 1 aliphatic rings. The van der Waals surface area contributed by atoms with Gasteiger partial charge in [0.15, 0.2) is 5.13 Å². The van der Waals surface area contributed by atoms with Gasteiger partial charge in [0.25, 0.3) is 0 Å². The van der Waals surface area contributed by atoms with Gasteiger partial charge >= 0.3 is 6.18 Å². The molecular weight excluding hydrogens is 363 g/mol. The van der Waals surface area contributed by atoms with E-state index in [9.17, 15) is 18.0 Å². The molecule has 0 atom stereocenters. The number of carbonyl (C=O) groups excluding carboxylic acids is 1. The number of rotatable bonds is 3. The van der Waals surface area contributed by atoms with Crippen LogP contribution in [-0.4, -0.2) is 10.9 Å². The zero-order valence-electron chi connectivity index (χ0n) is 13.2. The van der Waals surface area contributed by atoms with Gasteiger partial charge in [-0.1, -0.05) is 12.1 Å². The number of nitrogens with one attached hydrogen (secondary N) is 2. The summed E-state index contributed by atoms with van der Waals surface area (Å²) in [5.41, 5.74) is 2.88. The number of hydrogen-bond donors (Lipinski definition) is 2. The maximum Gasteiger partial charge on any atom is 0.416 e. The predicted octanol–water partition coefficient (Wildman–Crippen LogP) is 5.07. The Kier molecular flexibility index (Phi) is 3.91. The first-order valence-corrected chi connectivity index (χ1v) is 8.59. The molecule has 2 heterocycles. The van der Waals surface area contributed by atoms with Crippen LogP contribution in [0.2, 0.25) is 0 Å². The number of fused-ring (bicyclic) bond motifs is 1. The number of alkyl halides is 3. The Morgan fingerprint density at radius 2 is 2.00 bits per heavy atom. The highest BCUT2D eigenvalue weighted by molar-refractivity contribution is 7.14. The number of aromatic nitrogens is 1. The normalized spacial score (nSPS) is 13.4. The van der Waals surface area contributed by atoms with E-state index in [0.29, 0.717) is 22.9 Å². The fourth-order valence-electron chi connectivity index (χ4n) is 2.75. The Morgan fingerprint density at radius 1 is 1.15 bits per heavy atom. The molecule has 8 heteroatoms. The lowest BCUT2D eigenvalue weighted by Crippen LogP contribution is -2.05. The van der Waals surface area contributed by atoms with Crippen molar-refractivity contribution >= 4 is 33.8 Å². The number of halogens is 3. The Labute approximate surface area is 150 Å². The average molecular weight is 375 g/mol. The van der Waals surface area contributed by atoms with Crippen LogP contribution < -0.4 is 10.6 Å². The van der Waals surface area contributed by atoms with Crippen LogP contribution in [0.5, 0.6) is 0 Å². The van der Waals surface area contributed by atoms with E-state index in [2.05, 4.69) is 15.6 Å². The second-order valence-electron chi connectivity index (χ2n) is 5.84. The lowest BCUT2D eigenvalue weighted by atomic mass is 10.1. The number of nitrogens with zero attached hydrogens (tertiary/aromatic N) is 1. The van der Waals surface area contributed by atoms with Crippen LogP contribution >= 0.6 is 11.3 Å². The molecule has 0 saturated heterocycles. The van der Waals surface area contributed by atoms with Crippen molar-refractivity contribution in [1.29, 1.82) is 0 Å². The lowest BCUT2D eigenvalue weighted by molar-refractivity contribution is -0.137. The van der Waals surface area contributed by atoms with Gasteiger partial charge in [-0.15, -0.1) is 11.3 Å². The summed E-state index contributed by atoms with van der Waals surface area (Å²) in [6, 6.07) is 10.6. The Balaban J connectivity index is 1.56. The van der Waals surface area contributed by atoms with Gasteiger partial charge in [-0.2, -0.15) is 13.2 Å². The van der Waals surface area contributed by atoms with E-state index in [1.807, 2.05) is 23.6 Å². The predicted molar refractivity (Wildman–Crippen MR) is 94.6 cm³/mol. The van der Waals surface area contributed by atoms with Gasteiger partial charge in [-0.05, 0) is 35.9 Å². The Morgan fingerprint density at radius 3 is 2.81 bits per heavy atom. The number of anilines is 3. The maximum absolute atomic E-state index is 12.8. The van der Waals surface area contributed by atoms with Gasteiger partial charge in [0.1, 0.15) is 0 Å². The van der Waals surface area contributed by atoms with E-state index in [-0.39, 0.29) is 5.91 Å². The second kappa shape index (κ2) is 6.14. The molecule has 2 aromatic carbocycles. The first-order valence-electron chi connectivity index (χ1n) is 7.71. The summed E-state index contributed by atoms with van der Waals surface area (Å²) >= 11 is 1.30. The highest BCUT2D eigenvalue weighted by atomic mass is 32.1. The summed E-state index contributed by atoms with van der Waals surface area (Å²) in [6.07, 6.45) is -4.05. The Hall–Kier alpha value is -2.87. The SMILES string of the molecule is O=C1Cc2cc(-c3csc(Nc4cccc(C(F)(F)F)c4)n3)ccc2N1. The van der Waals surface area contributed by atoms with Crippen molar-refractivity contribution in [2.45, 2.75) is 12.6 Å². The zero-order chi connectivity index (χ0) is 18.3. The van der Waals surface area contributed by atoms with E-state index in [1.54, 1.807) is 6.07 Å². The maximum atomic E-state index is 12.8. The van der Waals surface area contributed by atoms with Crippen molar-refractivity contribution in [2.75, 3.05) is 10.6 Å². The van der Waals surface area contributed by atoms with Gasteiger partial charge in [-0.3, -0.25) is 4.79 Å². The molecule has 2 N–H and O–H groups in total. The fourth-order valence-corrected chi connectivity index (χ4v) is 3.49. The van der Waals surface area contributed by atoms with Gasteiger partial charge < -0.3 is 10.6 Å². The van der Waals surface area contributed by atoms with E-state index in [4.69, 9.17) is 0 Å².